The molecule has 0 fully saturated rings. The summed E-state index contributed by atoms with van der Waals surface area (Å²) in [6.45, 7) is 2.99. The van der Waals surface area contributed by atoms with Crippen molar-refractivity contribution in [3.05, 3.63) is 53.9 Å². The van der Waals surface area contributed by atoms with Gasteiger partial charge in [0.05, 0.1) is 0 Å². The first kappa shape index (κ1) is 10.8. The molecule has 0 saturated carbocycles. The van der Waals surface area contributed by atoms with Crippen molar-refractivity contribution >= 4 is 0 Å². The van der Waals surface area contributed by atoms with Crippen molar-refractivity contribution in [3.63, 3.8) is 0 Å². The van der Waals surface area contributed by atoms with Crippen LogP contribution in [0, 0.1) is 6.92 Å². The zero-order valence-electron chi connectivity index (χ0n) is 9.70. The SMILES string of the molecule is CNCc1ccc(C)cc1-c1cccnc1. The van der Waals surface area contributed by atoms with Crippen LogP contribution in [0.5, 0.6) is 0 Å². The van der Waals surface area contributed by atoms with Gasteiger partial charge < -0.3 is 5.32 Å². The number of pyridine rings is 1. The van der Waals surface area contributed by atoms with Crippen molar-refractivity contribution in [2.75, 3.05) is 7.05 Å². The molecule has 0 aliphatic rings. The van der Waals surface area contributed by atoms with Gasteiger partial charge in [-0.25, -0.2) is 0 Å². The molecule has 2 heteroatoms. The average molecular weight is 212 g/mol. The molecule has 0 aliphatic heterocycles. The lowest BCUT2D eigenvalue weighted by molar-refractivity contribution is 0.819. The van der Waals surface area contributed by atoms with E-state index in [1.54, 1.807) is 6.20 Å². The van der Waals surface area contributed by atoms with E-state index in [2.05, 4.69) is 41.5 Å². The zero-order chi connectivity index (χ0) is 11.4. The molecule has 0 unspecified atom stereocenters. The second-order valence-electron chi connectivity index (χ2n) is 3.93. The van der Waals surface area contributed by atoms with Gasteiger partial charge in [0.1, 0.15) is 0 Å². The number of nitrogens with zero attached hydrogens (tertiary/aromatic N) is 1. The van der Waals surface area contributed by atoms with Crippen molar-refractivity contribution in [2.24, 2.45) is 0 Å². The summed E-state index contributed by atoms with van der Waals surface area (Å²) in [5.74, 6) is 0. The van der Waals surface area contributed by atoms with E-state index >= 15 is 0 Å². The van der Waals surface area contributed by atoms with Crippen LogP contribution in [0.25, 0.3) is 11.1 Å². The Morgan fingerprint density at radius 3 is 2.81 bits per heavy atom. The molecule has 2 rings (SSSR count). The zero-order valence-corrected chi connectivity index (χ0v) is 9.70. The fraction of sp³-hybridized carbons (Fsp3) is 0.214. The van der Waals surface area contributed by atoms with Crippen LogP contribution in [0.15, 0.2) is 42.7 Å². The summed E-state index contributed by atoms with van der Waals surface area (Å²) in [6, 6.07) is 10.6. The van der Waals surface area contributed by atoms with Crippen LogP contribution in [0.2, 0.25) is 0 Å². The Labute approximate surface area is 96.4 Å². The first-order valence-electron chi connectivity index (χ1n) is 5.46. The van der Waals surface area contributed by atoms with E-state index in [-0.39, 0.29) is 0 Å². The molecule has 0 spiro atoms. The molecule has 0 aliphatic carbocycles. The van der Waals surface area contributed by atoms with E-state index in [4.69, 9.17) is 0 Å². The third kappa shape index (κ3) is 2.28. The highest BCUT2D eigenvalue weighted by molar-refractivity contribution is 5.67. The summed E-state index contributed by atoms with van der Waals surface area (Å²) in [5.41, 5.74) is 5.03. The van der Waals surface area contributed by atoms with Gasteiger partial charge in [-0.2, -0.15) is 0 Å². The number of benzene rings is 1. The van der Waals surface area contributed by atoms with E-state index in [1.807, 2.05) is 19.3 Å². The monoisotopic (exact) mass is 212 g/mol. The summed E-state index contributed by atoms with van der Waals surface area (Å²) < 4.78 is 0. The Kier molecular flexibility index (Phi) is 3.32. The molecule has 82 valence electrons. The summed E-state index contributed by atoms with van der Waals surface area (Å²) in [7, 11) is 1.97. The molecule has 1 aromatic heterocycles. The van der Waals surface area contributed by atoms with Gasteiger partial charge in [0, 0.05) is 24.5 Å². The number of aromatic nitrogens is 1. The van der Waals surface area contributed by atoms with Gasteiger partial charge >= 0.3 is 0 Å². The lowest BCUT2D eigenvalue weighted by Crippen LogP contribution is -2.06. The van der Waals surface area contributed by atoms with Crippen LogP contribution in [-0.2, 0) is 6.54 Å². The molecular weight excluding hydrogens is 196 g/mol. The Bertz CT molecular complexity index is 463. The number of nitrogens with one attached hydrogen (secondary N) is 1. The Morgan fingerprint density at radius 2 is 2.12 bits per heavy atom. The first-order valence-corrected chi connectivity index (χ1v) is 5.46. The van der Waals surface area contributed by atoms with E-state index in [0.717, 1.165) is 6.54 Å². The van der Waals surface area contributed by atoms with Gasteiger partial charge in [-0.15, -0.1) is 0 Å². The molecule has 0 saturated heterocycles. The maximum atomic E-state index is 4.17. The summed E-state index contributed by atoms with van der Waals surface area (Å²) in [6.07, 6.45) is 3.71. The summed E-state index contributed by atoms with van der Waals surface area (Å²) in [5, 5.41) is 3.19. The Balaban J connectivity index is 2.49. The van der Waals surface area contributed by atoms with Crippen LogP contribution in [0.3, 0.4) is 0 Å². The highest BCUT2D eigenvalue weighted by Gasteiger charge is 2.04. The van der Waals surface area contributed by atoms with Crippen molar-refractivity contribution in [3.8, 4) is 11.1 Å². The van der Waals surface area contributed by atoms with E-state index in [0.29, 0.717) is 0 Å². The number of hydrogen-bond acceptors (Lipinski definition) is 2. The van der Waals surface area contributed by atoms with Crippen molar-refractivity contribution in [2.45, 2.75) is 13.5 Å². The van der Waals surface area contributed by atoms with Crippen molar-refractivity contribution in [1.82, 2.24) is 10.3 Å². The molecule has 16 heavy (non-hydrogen) atoms. The molecule has 1 heterocycles. The van der Waals surface area contributed by atoms with Crippen LogP contribution < -0.4 is 5.32 Å². The lowest BCUT2D eigenvalue weighted by Gasteiger charge is -2.10. The normalized spacial score (nSPS) is 10.4. The molecule has 2 nitrogen and oxygen atoms in total. The molecule has 0 atom stereocenters. The predicted octanol–water partition coefficient (Wildman–Crippen LogP) is 2.78. The van der Waals surface area contributed by atoms with Crippen LogP contribution in [-0.4, -0.2) is 12.0 Å². The van der Waals surface area contributed by atoms with E-state index in [9.17, 15) is 0 Å². The lowest BCUT2D eigenvalue weighted by atomic mass is 9.99. The van der Waals surface area contributed by atoms with Gasteiger partial charge in [-0.3, -0.25) is 4.98 Å². The fourth-order valence-electron chi connectivity index (χ4n) is 1.83. The fourth-order valence-corrected chi connectivity index (χ4v) is 1.83. The van der Waals surface area contributed by atoms with E-state index in [1.165, 1.54) is 22.3 Å². The maximum Gasteiger partial charge on any atom is 0.0346 e. The van der Waals surface area contributed by atoms with Crippen molar-refractivity contribution < 1.29 is 0 Å². The smallest absolute Gasteiger partial charge is 0.0346 e. The minimum atomic E-state index is 0.879. The quantitative estimate of drug-likeness (QED) is 0.846. The highest BCUT2D eigenvalue weighted by atomic mass is 14.8. The second kappa shape index (κ2) is 4.90. The maximum absolute atomic E-state index is 4.17. The highest BCUT2D eigenvalue weighted by Crippen LogP contribution is 2.24. The summed E-state index contributed by atoms with van der Waals surface area (Å²) >= 11 is 0. The molecule has 0 radical (unpaired) electrons. The first-order chi connectivity index (χ1) is 7.81. The van der Waals surface area contributed by atoms with Crippen molar-refractivity contribution in [1.29, 1.82) is 0 Å². The van der Waals surface area contributed by atoms with E-state index < -0.39 is 0 Å². The molecule has 0 bridgehead atoms. The van der Waals surface area contributed by atoms with Gasteiger partial charge in [-0.1, -0.05) is 29.8 Å². The topological polar surface area (TPSA) is 24.9 Å². The molecular formula is C14H16N2. The molecule has 1 aromatic carbocycles. The molecule has 0 amide bonds. The standard InChI is InChI=1S/C14H16N2/c1-11-5-6-13(9-15-2)14(8-11)12-4-3-7-16-10-12/h3-8,10,15H,9H2,1-2H3. The van der Waals surface area contributed by atoms with Gasteiger partial charge in [0.25, 0.3) is 0 Å². The number of rotatable bonds is 3. The average Bonchev–Trinajstić information content (AvgIpc) is 2.33. The van der Waals surface area contributed by atoms with Gasteiger partial charge in [0.15, 0.2) is 0 Å². The van der Waals surface area contributed by atoms with Crippen LogP contribution >= 0.6 is 0 Å². The molecule has 1 N–H and O–H groups in total. The van der Waals surface area contributed by atoms with Crippen LogP contribution in [0.4, 0.5) is 0 Å². The Morgan fingerprint density at radius 1 is 1.25 bits per heavy atom. The van der Waals surface area contributed by atoms with Crippen LogP contribution in [0.1, 0.15) is 11.1 Å². The number of hydrogen-bond donors (Lipinski definition) is 1. The van der Waals surface area contributed by atoms with Gasteiger partial charge in [0.2, 0.25) is 0 Å². The second-order valence-corrected chi connectivity index (χ2v) is 3.93. The molecule has 2 aromatic rings. The third-order valence-corrected chi connectivity index (χ3v) is 2.61. The number of aryl methyl sites for hydroxylation is 1. The Hall–Kier alpha value is -1.67. The predicted molar refractivity (Wildman–Crippen MR) is 67.2 cm³/mol. The van der Waals surface area contributed by atoms with Gasteiger partial charge in [-0.05, 0) is 31.2 Å². The largest absolute Gasteiger partial charge is 0.316 e. The third-order valence-electron chi connectivity index (χ3n) is 2.61. The minimum Gasteiger partial charge on any atom is -0.316 e. The summed E-state index contributed by atoms with van der Waals surface area (Å²) in [4.78, 5) is 4.17. The minimum absolute atomic E-state index is 0.879.